The molecule has 4 N–H and O–H groups in total. The Labute approximate surface area is 149 Å². The summed E-state index contributed by atoms with van der Waals surface area (Å²) in [5.41, 5.74) is 0. The highest BCUT2D eigenvalue weighted by Crippen LogP contribution is 2.13. The minimum absolute atomic E-state index is 0.136. The van der Waals surface area contributed by atoms with Crippen molar-refractivity contribution in [1.82, 2.24) is 0 Å². The van der Waals surface area contributed by atoms with Gasteiger partial charge in [0.1, 0.15) is 37.9 Å². The Morgan fingerprint density at radius 2 is 1.21 bits per heavy atom. The largest absolute Gasteiger partial charge is 0.854 e. The van der Waals surface area contributed by atoms with Gasteiger partial charge >= 0.3 is 0 Å². The number of nitrogens with one attached hydrogen (secondary N) is 1. The molecule has 4 unspecified atom stereocenters. The van der Waals surface area contributed by atoms with Crippen LogP contribution in [0.15, 0.2) is 0 Å². The maximum absolute atomic E-state index is 10.6. The monoisotopic (exact) mass is 349 g/mol. The van der Waals surface area contributed by atoms with E-state index >= 15 is 0 Å². The van der Waals surface area contributed by atoms with E-state index in [1.54, 1.807) is 20.8 Å². The van der Waals surface area contributed by atoms with E-state index < -0.39 is 18.3 Å². The van der Waals surface area contributed by atoms with Gasteiger partial charge in [0.2, 0.25) is 0 Å². The molecule has 0 aliphatic carbocycles. The minimum atomic E-state index is -0.396. The van der Waals surface area contributed by atoms with E-state index in [0.29, 0.717) is 25.6 Å². The molecule has 0 heterocycles. The quantitative estimate of drug-likeness (QED) is 0.362. The highest BCUT2D eigenvalue weighted by Gasteiger charge is 2.16. The van der Waals surface area contributed by atoms with Crippen molar-refractivity contribution in [3.63, 3.8) is 0 Å². The third-order valence-corrected chi connectivity index (χ3v) is 3.90. The van der Waals surface area contributed by atoms with Crippen molar-refractivity contribution in [2.45, 2.75) is 91.5 Å². The average Bonchev–Trinajstić information content (AvgIpc) is 2.45. The van der Waals surface area contributed by atoms with Crippen LogP contribution in [0.1, 0.15) is 73.1 Å². The number of rotatable bonds is 13. The van der Waals surface area contributed by atoms with Gasteiger partial charge in [0.25, 0.3) is 0 Å². The molecule has 0 bridgehead atoms. The molecule has 148 valence electrons. The summed E-state index contributed by atoms with van der Waals surface area (Å²) in [6.07, 6.45) is 6.08. The summed E-state index contributed by atoms with van der Waals surface area (Å²) >= 11 is 0. The molecule has 0 aromatic heterocycles. The summed E-state index contributed by atoms with van der Waals surface area (Å²) in [5, 5.41) is 38.1. The molecule has 0 saturated heterocycles. The number of hydrogen-bond donors (Lipinski definition) is 4. The second-order valence-corrected chi connectivity index (χ2v) is 7.23. The van der Waals surface area contributed by atoms with Crippen LogP contribution in [0.4, 0.5) is 0 Å². The van der Waals surface area contributed by atoms with Crippen molar-refractivity contribution < 1.29 is 25.3 Å². The first kappa shape index (κ1) is 26.0. The molecule has 5 heteroatoms. The van der Waals surface area contributed by atoms with Crippen LogP contribution in [0.5, 0.6) is 0 Å². The SMILES string of the molecule is CC(O)C[NH+](CC(C)O)CC(C)O.CCCCCC(C[O-])CCC. The van der Waals surface area contributed by atoms with Crippen LogP contribution in [0.25, 0.3) is 0 Å². The molecule has 0 aromatic carbocycles. The van der Waals surface area contributed by atoms with E-state index in [-0.39, 0.29) is 6.61 Å². The molecular weight excluding hydrogens is 306 g/mol. The summed E-state index contributed by atoms with van der Waals surface area (Å²) < 4.78 is 0. The normalized spacial score (nSPS) is 17.4. The van der Waals surface area contributed by atoms with Gasteiger partial charge in [-0.2, -0.15) is 0 Å². The first-order chi connectivity index (χ1) is 11.3. The van der Waals surface area contributed by atoms with Gasteiger partial charge in [0, 0.05) is 0 Å². The smallest absolute Gasteiger partial charge is 0.103 e. The van der Waals surface area contributed by atoms with Crippen LogP contribution in [0.2, 0.25) is 0 Å². The Bertz CT molecular complexity index is 224. The van der Waals surface area contributed by atoms with Crippen LogP contribution in [0.3, 0.4) is 0 Å². The molecule has 0 fully saturated rings. The Morgan fingerprint density at radius 1 is 0.750 bits per heavy atom. The summed E-state index contributed by atoms with van der Waals surface area (Å²) in [6.45, 7) is 11.3. The number of aliphatic hydroxyl groups excluding tert-OH is 3. The van der Waals surface area contributed by atoms with E-state index in [4.69, 9.17) is 15.3 Å². The van der Waals surface area contributed by atoms with Crippen LogP contribution in [-0.4, -0.2) is 59.9 Å². The van der Waals surface area contributed by atoms with Gasteiger partial charge in [0.05, 0.1) is 0 Å². The van der Waals surface area contributed by atoms with E-state index in [1.807, 2.05) is 0 Å². The fourth-order valence-electron chi connectivity index (χ4n) is 2.91. The van der Waals surface area contributed by atoms with E-state index in [9.17, 15) is 5.11 Å². The molecular formula is C19H43NO4. The summed E-state index contributed by atoms with van der Waals surface area (Å²) in [5.74, 6) is 0.464. The minimum Gasteiger partial charge on any atom is -0.854 e. The highest BCUT2D eigenvalue weighted by atomic mass is 16.3. The number of hydrogen-bond acceptors (Lipinski definition) is 4. The van der Waals surface area contributed by atoms with Gasteiger partial charge in [-0.05, 0) is 20.8 Å². The molecule has 4 atom stereocenters. The molecule has 0 rings (SSSR count). The predicted octanol–water partition coefficient (Wildman–Crippen LogP) is 0.357. The third-order valence-electron chi connectivity index (χ3n) is 3.90. The Hall–Kier alpha value is -0.200. The molecule has 0 amide bonds. The summed E-state index contributed by atoms with van der Waals surface area (Å²) in [4.78, 5) is 1.03. The lowest BCUT2D eigenvalue weighted by molar-refractivity contribution is -0.908. The lowest BCUT2D eigenvalue weighted by atomic mass is 9.98. The van der Waals surface area contributed by atoms with Crippen LogP contribution in [0, 0.1) is 5.92 Å². The topological polar surface area (TPSA) is 88.2 Å². The molecule has 0 aliphatic heterocycles. The van der Waals surface area contributed by atoms with Crippen molar-refractivity contribution in [2.75, 3.05) is 26.2 Å². The third kappa shape index (κ3) is 19.8. The zero-order valence-electron chi connectivity index (χ0n) is 16.6. The first-order valence-electron chi connectivity index (χ1n) is 9.72. The van der Waals surface area contributed by atoms with E-state index in [1.165, 1.54) is 25.7 Å². The second kappa shape index (κ2) is 17.6. The van der Waals surface area contributed by atoms with Crippen molar-refractivity contribution in [3.05, 3.63) is 0 Å². The molecule has 24 heavy (non-hydrogen) atoms. The number of unbranched alkanes of at least 4 members (excludes halogenated alkanes) is 2. The van der Waals surface area contributed by atoms with Crippen molar-refractivity contribution in [3.8, 4) is 0 Å². The second-order valence-electron chi connectivity index (χ2n) is 7.23. The van der Waals surface area contributed by atoms with Gasteiger partial charge in [-0.25, -0.2) is 0 Å². The molecule has 0 radical (unpaired) electrons. The molecule has 0 aromatic rings. The Morgan fingerprint density at radius 3 is 1.50 bits per heavy atom. The summed E-state index contributed by atoms with van der Waals surface area (Å²) in [7, 11) is 0. The zero-order chi connectivity index (χ0) is 19.0. The average molecular weight is 350 g/mol. The Kier molecular flexibility index (Phi) is 19.1. The van der Waals surface area contributed by atoms with Gasteiger partial charge in [-0.15, -0.1) is 6.61 Å². The van der Waals surface area contributed by atoms with E-state index in [2.05, 4.69) is 13.8 Å². The van der Waals surface area contributed by atoms with Gasteiger partial charge in [0.15, 0.2) is 0 Å². The maximum atomic E-state index is 10.6. The van der Waals surface area contributed by atoms with Gasteiger partial charge in [-0.1, -0.05) is 58.3 Å². The summed E-state index contributed by atoms with van der Waals surface area (Å²) in [6, 6.07) is 0. The van der Waals surface area contributed by atoms with Crippen molar-refractivity contribution >= 4 is 0 Å². The van der Waals surface area contributed by atoms with Gasteiger partial charge in [-0.3, -0.25) is 0 Å². The Balaban J connectivity index is 0. The van der Waals surface area contributed by atoms with Crippen LogP contribution in [-0.2, 0) is 0 Å². The van der Waals surface area contributed by atoms with Crippen LogP contribution < -0.4 is 10.0 Å². The van der Waals surface area contributed by atoms with Crippen molar-refractivity contribution in [2.24, 2.45) is 5.92 Å². The standard InChI is InChI=1S/C10H21O.C9H21NO3/c1-3-5-6-8-10(9-11)7-4-2;1-7(11)4-10(5-8(2)12)6-9(3)13/h10H,3-9H2,1-2H3;7-9,11-13H,4-6H2,1-3H3/q-1;/p+1. The fourth-order valence-corrected chi connectivity index (χ4v) is 2.91. The molecule has 5 nitrogen and oxygen atoms in total. The highest BCUT2D eigenvalue weighted by molar-refractivity contribution is 4.56. The zero-order valence-corrected chi connectivity index (χ0v) is 16.6. The molecule has 0 spiro atoms. The predicted molar refractivity (Wildman–Crippen MR) is 98.0 cm³/mol. The van der Waals surface area contributed by atoms with E-state index in [0.717, 1.165) is 17.7 Å². The fraction of sp³-hybridized carbons (Fsp3) is 1.00. The van der Waals surface area contributed by atoms with Crippen molar-refractivity contribution in [1.29, 1.82) is 0 Å². The number of aliphatic hydroxyl groups is 3. The first-order valence-corrected chi connectivity index (χ1v) is 9.72. The molecule has 0 saturated carbocycles. The number of quaternary nitrogens is 1. The van der Waals surface area contributed by atoms with Crippen LogP contribution >= 0.6 is 0 Å². The maximum Gasteiger partial charge on any atom is 0.103 e. The van der Waals surface area contributed by atoms with Gasteiger partial charge < -0.3 is 25.3 Å². The molecule has 0 aliphatic rings. The lowest BCUT2D eigenvalue weighted by Crippen LogP contribution is -3.15. The lowest BCUT2D eigenvalue weighted by Gasteiger charge is -2.23.